The number of ether oxygens (including phenoxy) is 1. The van der Waals surface area contributed by atoms with E-state index in [2.05, 4.69) is 9.72 Å². The Morgan fingerprint density at radius 2 is 2.06 bits per heavy atom. The standard InChI is InChI=1S/C11H6F3NO3/c12-11(13,14)18-8-5-7(10(16)17)4-6-2-1-3-15-9(6)8/h1-5H,(H,16,17). The van der Waals surface area contributed by atoms with Crippen LogP contribution in [0.2, 0.25) is 0 Å². The molecule has 0 amide bonds. The predicted octanol–water partition coefficient (Wildman–Crippen LogP) is 2.83. The number of fused-ring (bicyclic) bond motifs is 1. The predicted molar refractivity (Wildman–Crippen MR) is 55.4 cm³/mol. The van der Waals surface area contributed by atoms with Gasteiger partial charge in [-0.15, -0.1) is 13.2 Å². The zero-order valence-corrected chi connectivity index (χ0v) is 8.73. The molecule has 1 heterocycles. The summed E-state index contributed by atoms with van der Waals surface area (Å²) in [6.07, 6.45) is -3.60. The summed E-state index contributed by atoms with van der Waals surface area (Å²) in [5.74, 6) is -1.97. The van der Waals surface area contributed by atoms with E-state index >= 15 is 0 Å². The molecule has 18 heavy (non-hydrogen) atoms. The highest BCUT2D eigenvalue weighted by Crippen LogP contribution is 2.30. The molecule has 2 aromatic rings. The molecule has 4 nitrogen and oxygen atoms in total. The van der Waals surface area contributed by atoms with Gasteiger partial charge < -0.3 is 9.84 Å². The van der Waals surface area contributed by atoms with Crippen LogP contribution < -0.4 is 4.74 Å². The van der Waals surface area contributed by atoms with Gasteiger partial charge in [0.05, 0.1) is 5.56 Å². The largest absolute Gasteiger partial charge is 0.573 e. The van der Waals surface area contributed by atoms with Gasteiger partial charge in [0.25, 0.3) is 0 Å². The first-order chi connectivity index (χ1) is 8.37. The number of pyridine rings is 1. The number of aromatic nitrogens is 1. The third kappa shape index (κ3) is 2.50. The van der Waals surface area contributed by atoms with Crippen LogP contribution in [0.5, 0.6) is 5.75 Å². The van der Waals surface area contributed by atoms with Crippen molar-refractivity contribution in [1.82, 2.24) is 4.98 Å². The zero-order valence-electron chi connectivity index (χ0n) is 8.73. The minimum atomic E-state index is -4.90. The number of benzene rings is 1. The van der Waals surface area contributed by atoms with Crippen LogP contribution in [-0.2, 0) is 0 Å². The van der Waals surface area contributed by atoms with Gasteiger partial charge in [0, 0.05) is 11.6 Å². The van der Waals surface area contributed by atoms with Gasteiger partial charge in [-0.1, -0.05) is 6.07 Å². The Kier molecular flexibility index (Phi) is 2.82. The van der Waals surface area contributed by atoms with Crippen LogP contribution in [0.3, 0.4) is 0 Å². The molecule has 0 aliphatic heterocycles. The van der Waals surface area contributed by atoms with E-state index in [1.807, 2.05) is 0 Å². The van der Waals surface area contributed by atoms with Gasteiger partial charge in [0.15, 0.2) is 5.75 Å². The molecule has 0 aliphatic rings. The molecule has 94 valence electrons. The highest BCUT2D eigenvalue weighted by Gasteiger charge is 2.32. The first-order valence-electron chi connectivity index (χ1n) is 4.74. The van der Waals surface area contributed by atoms with E-state index in [0.717, 1.165) is 6.07 Å². The van der Waals surface area contributed by atoms with Crippen molar-refractivity contribution in [3.8, 4) is 5.75 Å². The van der Waals surface area contributed by atoms with Crippen LogP contribution in [0.25, 0.3) is 10.9 Å². The van der Waals surface area contributed by atoms with Gasteiger partial charge in [-0.2, -0.15) is 0 Å². The summed E-state index contributed by atoms with van der Waals surface area (Å²) in [5.41, 5.74) is -0.338. The monoisotopic (exact) mass is 257 g/mol. The van der Waals surface area contributed by atoms with Crippen LogP contribution in [-0.4, -0.2) is 22.4 Å². The van der Waals surface area contributed by atoms with Crippen LogP contribution in [0, 0.1) is 0 Å². The molecular weight excluding hydrogens is 251 g/mol. The quantitative estimate of drug-likeness (QED) is 0.898. The second-order valence-corrected chi connectivity index (χ2v) is 3.40. The smallest absolute Gasteiger partial charge is 0.478 e. The zero-order chi connectivity index (χ0) is 13.3. The molecule has 0 bridgehead atoms. The third-order valence-electron chi connectivity index (χ3n) is 2.14. The molecule has 1 aromatic carbocycles. The highest BCUT2D eigenvalue weighted by atomic mass is 19.4. The van der Waals surface area contributed by atoms with E-state index < -0.39 is 18.1 Å². The summed E-state index contributed by atoms with van der Waals surface area (Å²) in [6.45, 7) is 0. The lowest BCUT2D eigenvalue weighted by molar-refractivity contribution is -0.274. The van der Waals surface area contributed by atoms with Crippen molar-refractivity contribution < 1.29 is 27.8 Å². The molecule has 0 saturated carbocycles. The van der Waals surface area contributed by atoms with E-state index in [-0.39, 0.29) is 16.5 Å². The molecule has 0 atom stereocenters. The molecule has 0 fully saturated rings. The van der Waals surface area contributed by atoms with Gasteiger partial charge >= 0.3 is 12.3 Å². The maximum atomic E-state index is 12.2. The fraction of sp³-hybridized carbons (Fsp3) is 0.0909. The average molecular weight is 257 g/mol. The molecular formula is C11H6F3NO3. The number of halogens is 3. The third-order valence-corrected chi connectivity index (χ3v) is 2.14. The summed E-state index contributed by atoms with van der Waals surface area (Å²) in [5, 5.41) is 9.07. The number of rotatable bonds is 2. The summed E-state index contributed by atoms with van der Waals surface area (Å²) in [7, 11) is 0. The normalized spacial score (nSPS) is 11.5. The molecule has 0 radical (unpaired) electrons. The van der Waals surface area contributed by atoms with Crippen molar-refractivity contribution in [3.63, 3.8) is 0 Å². The number of alkyl halides is 3. The van der Waals surface area contributed by atoms with E-state index in [1.165, 1.54) is 24.4 Å². The fourth-order valence-electron chi connectivity index (χ4n) is 1.48. The van der Waals surface area contributed by atoms with E-state index in [0.29, 0.717) is 0 Å². The maximum Gasteiger partial charge on any atom is 0.573 e. The summed E-state index contributed by atoms with van der Waals surface area (Å²) in [6, 6.07) is 4.97. The second kappa shape index (κ2) is 4.17. The number of carbonyl (C=O) groups is 1. The molecule has 0 spiro atoms. The number of carboxylic acid groups (broad SMARTS) is 1. The lowest BCUT2D eigenvalue weighted by atomic mass is 10.1. The first kappa shape index (κ1) is 12.2. The minimum Gasteiger partial charge on any atom is -0.478 e. The SMILES string of the molecule is O=C(O)c1cc(OC(F)(F)F)c2ncccc2c1. The Balaban J connectivity index is 2.64. The van der Waals surface area contributed by atoms with Gasteiger partial charge in [0.1, 0.15) is 5.52 Å². The molecule has 0 saturated heterocycles. The Bertz CT molecular complexity index is 610. The molecule has 7 heteroatoms. The Labute approximate surface area is 98.6 Å². The van der Waals surface area contributed by atoms with E-state index in [1.54, 1.807) is 0 Å². The van der Waals surface area contributed by atoms with E-state index in [4.69, 9.17) is 5.11 Å². The van der Waals surface area contributed by atoms with Crippen LogP contribution in [0.15, 0.2) is 30.5 Å². The Morgan fingerprint density at radius 3 is 2.67 bits per heavy atom. The number of nitrogens with zero attached hydrogens (tertiary/aromatic N) is 1. The van der Waals surface area contributed by atoms with E-state index in [9.17, 15) is 18.0 Å². The topological polar surface area (TPSA) is 59.4 Å². The summed E-state index contributed by atoms with van der Waals surface area (Å²) < 4.78 is 40.4. The molecule has 2 rings (SSSR count). The molecule has 1 N–H and O–H groups in total. The Hall–Kier alpha value is -2.31. The number of carboxylic acids is 1. The van der Waals surface area contributed by atoms with Crippen molar-refractivity contribution in [1.29, 1.82) is 0 Å². The van der Waals surface area contributed by atoms with Crippen LogP contribution in [0.1, 0.15) is 10.4 Å². The lowest BCUT2D eigenvalue weighted by Gasteiger charge is -2.11. The van der Waals surface area contributed by atoms with Crippen molar-refractivity contribution >= 4 is 16.9 Å². The number of hydrogen-bond acceptors (Lipinski definition) is 3. The first-order valence-corrected chi connectivity index (χ1v) is 4.74. The molecule has 1 aromatic heterocycles. The van der Waals surface area contributed by atoms with Crippen molar-refractivity contribution in [2.24, 2.45) is 0 Å². The van der Waals surface area contributed by atoms with Crippen LogP contribution >= 0.6 is 0 Å². The number of hydrogen-bond donors (Lipinski definition) is 1. The Morgan fingerprint density at radius 1 is 1.33 bits per heavy atom. The van der Waals surface area contributed by atoms with Gasteiger partial charge in [-0.05, 0) is 18.2 Å². The lowest BCUT2D eigenvalue weighted by Crippen LogP contribution is -2.18. The number of aromatic carboxylic acids is 1. The van der Waals surface area contributed by atoms with Gasteiger partial charge in [0.2, 0.25) is 0 Å². The molecule has 0 aliphatic carbocycles. The average Bonchev–Trinajstić information content (AvgIpc) is 2.26. The fourth-order valence-corrected chi connectivity index (χ4v) is 1.48. The van der Waals surface area contributed by atoms with Gasteiger partial charge in [-0.25, -0.2) is 4.79 Å². The second-order valence-electron chi connectivity index (χ2n) is 3.40. The van der Waals surface area contributed by atoms with Crippen molar-refractivity contribution in [3.05, 3.63) is 36.0 Å². The highest BCUT2D eigenvalue weighted by molar-refractivity contribution is 5.95. The van der Waals surface area contributed by atoms with Crippen molar-refractivity contribution in [2.45, 2.75) is 6.36 Å². The van der Waals surface area contributed by atoms with Gasteiger partial charge in [-0.3, -0.25) is 4.98 Å². The summed E-state index contributed by atoms with van der Waals surface area (Å²) >= 11 is 0. The summed E-state index contributed by atoms with van der Waals surface area (Å²) in [4.78, 5) is 14.6. The van der Waals surface area contributed by atoms with Crippen molar-refractivity contribution in [2.75, 3.05) is 0 Å². The maximum absolute atomic E-state index is 12.2. The minimum absolute atomic E-state index is 0.0418. The molecule has 0 unspecified atom stereocenters. The van der Waals surface area contributed by atoms with Crippen LogP contribution in [0.4, 0.5) is 13.2 Å².